The first-order valence-electron chi connectivity index (χ1n) is 10.6. The summed E-state index contributed by atoms with van der Waals surface area (Å²) >= 11 is 0. The highest BCUT2D eigenvalue weighted by atomic mass is 16.5. The van der Waals surface area contributed by atoms with E-state index in [1.807, 2.05) is 54.6 Å². The molecule has 0 atom stereocenters. The van der Waals surface area contributed by atoms with Gasteiger partial charge in [0.2, 0.25) is 5.91 Å². The zero-order valence-corrected chi connectivity index (χ0v) is 19.4. The summed E-state index contributed by atoms with van der Waals surface area (Å²) in [5.41, 5.74) is 3.12. The molecule has 0 aliphatic rings. The molecule has 0 saturated heterocycles. The fourth-order valence-corrected chi connectivity index (χ4v) is 3.95. The zero-order valence-electron chi connectivity index (χ0n) is 19.4. The van der Waals surface area contributed by atoms with Crippen molar-refractivity contribution in [2.75, 3.05) is 21.3 Å². The lowest BCUT2D eigenvalue weighted by Crippen LogP contribution is -2.19. The van der Waals surface area contributed by atoms with Crippen LogP contribution in [0.1, 0.15) is 23.0 Å². The maximum Gasteiger partial charge on any atom is 0.358 e. The number of benzene rings is 3. The first-order valence-corrected chi connectivity index (χ1v) is 10.6. The minimum atomic E-state index is -0.555. The number of amides is 1. The number of fused-ring (bicyclic) bond motifs is 1. The van der Waals surface area contributed by atoms with Crippen LogP contribution in [0.2, 0.25) is 0 Å². The van der Waals surface area contributed by atoms with Gasteiger partial charge in [0.15, 0.2) is 5.69 Å². The van der Waals surface area contributed by atoms with E-state index in [-0.39, 0.29) is 11.6 Å². The van der Waals surface area contributed by atoms with E-state index >= 15 is 0 Å². The van der Waals surface area contributed by atoms with Gasteiger partial charge >= 0.3 is 5.97 Å². The lowest BCUT2D eigenvalue weighted by molar-refractivity contribution is -0.119. The van der Waals surface area contributed by atoms with Gasteiger partial charge in [0.1, 0.15) is 11.5 Å². The lowest BCUT2D eigenvalue weighted by Gasteiger charge is -2.17. The van der Waals surface area contributed by atoms with Crippen LogP contribution in [0.3, 0.4) is 0 Å². The van der Waals surface area contributed by atoms with E-state index in [1.54, 1.807) is 25.0 Å². The first kappa shape index (κ1) is 22.8. The monoisotopic (exact) mass is 459 g/mol. The van der Waals surface area contributed by atoms with Crippen molar-refractivity contribution in [3.05, 3.63) is 71.9 Å². The van der Waals surface area contributed by atoms with E-state index in [4.69, 9.17) is 14.2 Å². The van der Waals surface area contributed by atoms with Crippen LogP contribution in [-0.4, -0.2) is 43.0 Å². The lowest BCUT2D eigenvalue weighted by atomic mass is 10.0. The third-order valence-electron chi connectivity index (χ3n) is 5.54. The fourth-order valence-electron chi connectivity index (χ4n) is 3.95. The molecule has 0 spiro atoms. The Bertz CT molecular complexity index is 1350. The van der Waals surface area contributed by atoms with Gasteiger partial charge in [-0.3, -0.25) is 4.79 Å². The van der Waals surface area contributed by atoms with Crippen LogP contribution < -0.4 is 14.8 Å². The summed E-state index contributed by atoms with van der Waals surface area (Å²) in [4.78, 5) is 23.9. The van der Waals surface area contributed by atoms with E-state index in [0.29, 0.717) is 29.3 Å². The standard InChI is InChI=1S/C26H25N3O5/c1-16(30)27-15-17-12-13-21(19-9-6-5-8-18(17)19)29-22(14-20(28-29)26(31)34-4)25-23(32-2)10-7-11-24(25)33-3/h5-14H,15H2,1-4H3,(H,27,30). The number of carbonyl (C=O) groups excluding carboxylic acids is 2. The van der Waals surface area contributed by atoms with Crippen LogP contribution in [0.5, 0.6) is 11.5 Å². The maximum absolute atomic E-state index is 12.4. The quantitative estimate of drug-likeness (QED) is 0.418. The number of hydrogen-bond acceptors (Lipinski definition) is 6. The molecule has 34 heavy (non-hydrogen) atoms. The van der Waals surface area contributed by atoms with Gasteiger partial charge < -0.3 is 19.5 Å². The molecule has 8 heteroatoms. The van der Waals surface area contributed by atoms with Gasteiger partial charge in [0.25, 0.3) is 0 Å². The molecule has 1 heterocycles. The Labute approximate surface area is 197 Å². The molecule has 1 aromatic heterocycles. The summed E-state index contributed by atoms with van der Waals surface area (Å²) in [6.45, 7) is 1.89. The minimum Gasteiger partial charge on any atom is -0.496 e. The van der Waals surface area contributed by atoms with Crippen molar-refractivity contribution in [3.63, 3.8) is 0 Å². The van der Waals surface area contributed by atoms with Crippen molar-refractivity contribution < 1.29 is 23.8 Å². The Balaban J connectivity index is 2.00. The van der Waals surface area contributed by atoms with Crippen molar-refractivity contribution in [2.24, 2.45) is 0 Å². The molecule has 4 rings (SSSR count). The first-order chi connectivity index (χ1) is 16.5. The number of rotatable bonds is 7. The molecular formula is C26H25N3O5. The highest BCUT2D eigenvalue weighted by Gasteiger charge is 2.23. The van der Waals surface area contributed by atoms with E-state index < -0.39 is 5.97 Å². The molecule has 8 nitrogen and oxygen atoms in total. The number of esters is 1. The van der Waals surface area contributed by atoms with Gasteiger partial charge in [-0.15, -0.1) is 0 Å². The number of hydrogen-bond donors (Lipinski definition) is 1. The van der Waals surface area contributed by atoms with Gasteiger partial charge in [0.05, 0.1) is 38.3 Å². The third kappa shape index (κ3) is 4.17. The number of carbonyl (C=O) groups is 2. The topological polar surface area (TPSA) is 91.7 Å². The highest BCUT2D eigenvalue weighted by Crippen LogP contribution is 2.40. The summed E-state index contributed by atoms with van der Waals surface area (Å²) in [5.74, 6) is 0.487. The Morgan fingerprint density at radius 3 is 2.21 bits per heavy atom. The highest BCUT2D eigenvalue weighted by molar-refractivity contribution is 5.95. The Morgan fingerprint density at radius 1 is 0.912 bits per heavy atom. The Hall–Kier alpha value is -4.33. The summed E-state index contributed by atoms with van der Waals surface area (Å²) in [5, 5.41) is 9.31. The molecule has 0 aliphatic heterocycles. The molecule has 0 aliphatic carbocycles. The van der Waals surface area contributed by atoms with Crippen molar-refractivity contribution in [2.45, 2.75) is 13.5 Å². The molecule has 0 radical (unpaired) electrons. The molecule has 1 amide bonds. The minimum absolute atomic E-state index is 0.103. The Kier molecular flexibility index (Phi) is 6.49. The van der Waals surface area contributed by atoms with Crippen LogP contribution in [0.25, 0.3) is 27.7 Å². The molecule has 0 saturated carbocycles. The van der Waals surface area contributed by atoms with Gasteiger partial charge in [0, 0.05) is 18.9 Å². The molecule has 3 aromatic carbocycles. The molecule has 0 unspecified atom stereocenters. The molecule has 0 bridgehead atoms. The number of methoxy groups -OCH3 is 3. The summed E-state index contributed by atoms with van der Waals surface area (Å²) in [6, 6.07) is 18.8. The van der Waals surface area contributed by atoms with Crippen LogP contribution in [-0.2, 0) is 16.1 Å². The third-order valence-corrected chi connectivity index (χ3v) is 5.54. The van der Waals surface area contributed by atoms with Gasteiger partial charge in [-0.1, -0.05) is 36.4 Å². The van der Waals surface area contributed by atoms with Crippen molar-refractivity contribution in [1.82, 2.24) is 15.1 Å². The molecule has 174 valence electrons. The maximum atomic E-state index is 12.4. The SMILES string of the molecule is COC(=O)c1cc(-c2c(OC)cccc2OC)n(-c2ccc(CNC(C)=O)c3ccccc23)n1. The van der Waals surface area contributed by atoms with E-state index in [9.17, 15) is 9.59 Å². The van der Waals surface area contributed by atoms with Crippen molar-refractivity contribution in [3.8, 4) is 28.4 Å². The summed E-state index contributed by atoms with van der Waals surface area (Å²) in [7, 11) is 4.47. The molecule has 0 fully saturated rings. The predicted octanol–water partition coefficient (Wildman–Crippen LogP) is 4.13. The number of nitrogens with one attached hydrogen (secondary N) is 1. The molecule has 4 aromatic rings. The van der Waals surface area contributed by atoms with Crippen molar-refractivity contribution >= 4 is 22.6 Å². The summed E-state index contributed by atoms with van der Waals surface area (Å²) in [6.07, 6.45) is 0. The van der Waals surface area contributed by atoms with E-state index in [2.05, 4.69) is 10.4 Å². The zero-order chi connectivity index (χ0) is 24.2. The second kappa shape index (κ2) is 9.66. The van der Waals surface area contributed by atoms with Gasteiger partial charge in [-0.2, -0.15) is 5.10 Å². The largest absolute Gasteiger partial charge is 0.496 e. The number of aromatic nitrogens is 2. The van der Waals surface area contributed by atoms with Crippen LogP contribution >= 0.6 is 0 Å². The Morgan fingerprint density at radius 2 is 1.59 bits per heavy atom. The van der Waals surface area contributed by atoms with Crippen molar-refractivity contribution in [1.29, 1.82) is 0 Å². The van der Waals surface area contributed by atoms with Crippen LogP contribution in [0.15, 0.2) is 60.7 Å². The fraction of sp³-hybridized carbons (Fsp3) is 0.192. The smallest absolute Gasteiger partial charge is 0.358 e. The number of ether oxygens (including phenoxy) is 3. The second-order valence-electron chi connectivity index (χ2n) is 7.55. The molecule has 1 N–H and O–H groups in total. The number of nitrogens with zero attached hydrogens (tertiary/aromatic N) is 2. The normalized spacial score (nSPS) is 10.7. The van der Waals surface area contributed by atoms with E-state index in [1.165, 1.54) is 14.0 Å². The van der Waals surface area contributed by atoms with Crippen LogP contribution in [0.4, 0.5) is 0 Å². The second-order valence-corrected chi connectivity index (χ2v) is 7.55. The molecular weight excluding hydrogens is 434 g/mol. The average Bonchev–Trinajstić information content (AvgIpc) is 3.30. The van der Waals surface area contributed by atoms with Crippen LogP contribution in [0, 0.1) is 0 Å². The van der Waals surface area contributed by atoms with E-state index in [0.717, 1.165) is 22.0 Å². The van der Waals surface area contributed by atoms with Gasteiger partial charge in [-0.05, 0) is 35.2 Å². The average molecular weight is 460 g/mol. The predicted molar refractivity (Wildman–Crippen MR) is 128 cm³/mol. The summed E-state index contributed by atoms with van der Waals surface area (Å²) < 4.78 is 17.8. The van der Waals surface area contributed by atoms with Gasteiger partial charge in [-0.25, -0.2) is 9.48 Å².